The largest absolute Gasteiger partial charge is 0.481 e. The number of carbonyl (C=O) groups is 2. The van der Waals surface area contributed by atoms with Crippen molar-refractivity contribution in [2.45, 2.75) is 51.6 Å². The number of carboxylic acid groups (broad SMARTS) is 1. The average Bonchev–Trinajstić information content (AvgIpc) is 2.80. The lowest BCUT2D eigenvalue weighted by Crippen LogP contribution is -2.51. The molecule has 0 bridgehead atoms. The monoisotopic (exact) mass is 254 g/mol. The number of nitrogens with zero attached hydrogens (tertiary/aromatic N) is 2. The van der Waals surface area contributed by atoms with Gasteiger partial charge in [-0.1, -0.05) is 0 Å². The predicted octanol–water partition coefficient (Wildman–Crippen LogP) is 1.78. The highest BCUT2D eigenvalue weighted by Gasteiger charge is 2.43. The van der Waals surface area contributed by atoms with E-state index in [4.69, 9.17) is 5.11 Å². The van der Waals surface area contributed by atoms with Crippen LogP contribution in [0.1, 0.15) is 40.0 Å². The summed E-state index contributed by atoms with van der Waals surface area (Å²) in [5, 5.41) is 9.10. The molecule has 2 aliphatic heterocycles. The molecule has 0 aromatic rings. The maximum Gasteiger partial charge on any atom is 0.320 e. The first-order valence-electron chi connectivity index (χ1n) is 6.65. The number of hydrogen-bond donors (Lipinski definition) is 1. The number of likely N-dealkylation sites (tertiary alicyclic amines) is 2. The molecule has 18 heavy (non-hydrogen) atoms. The van der Waals surface area contributed by atoms with E-state index in [-0.39, 0.29) is 17.6 Å². The molecule has 0 spiro atoms. The summed E-state index contributed by atoms with van der Waals surface area (Å²) in [6, 6.07) is -0.194. The van der Waals surface area contributed by atoms with Crippen molar-refractivity contribution in [3.8, 4) is 0 Å². The molecule has 0 aliphatic carbocycles. The Hall–Kier alpha value is -1.26. The molecule has 2 amide bonds. The zero-order chi connectivity index (χ0) is 13.5. The van der Waals surface area contributed by atoms with Crippen LogP contribution in [0.15, 0.2) is 0 Å². The Morgan fingerprint density at radius 3 is 2.39 bits per heavy atom. The van der Waals surface area contributed by atoms with Crippen molar-refractivity contribution in [2.75, 3.05) is 13.1 Å². The van der Waals surface area contributed by atoms with Crippen molar-refractivity contribution in [1.82, 2.24) is 9.80 Å². The second kappa shape index (κ2) is 4.44. The molecule has 5 heteroatoms. The van der Waals surface area contributed by atoms with Crippen molar-refractivity contribution in [3.05, 3.63) is 0 Å². The fourth-order valence-corrected chi connectivity index (χ4v) is 3.16. The average molecular weight is 254 g/mol. The Morgan fingerprint density at radius 1 is 1.28 bits per heavy atom. The Morgan fingerprint density at radius 2 is 1.94 bits per heavy atom. The minimum absolute atomic E-state index is 0.00810. The normalized spacial score (nSPS) is 30.8. The highest BCUT2D eigenvalue weighted by Crippen LogP contribution is 2.32. The van der Waals surface area contributed by atoms with Crippen LogP contribution >= 0.6 is 0 Å². The van der Waals surface area contributed by atoms with Gasteiger partial charge in [-0.3, -0.25) is 4.79 Å². The van der Waals surface area contributed by atoms with Crippen LogP contribution in [-0.2, 0) is 4.79 Å². The molecule has 0 aromatic carbocycles. The highest BCUT2D eigenvalue weighted by molar-refractivity contribution is 5.79. The van der Waals surface area contributed by atoms with Gasteiger partial charge >= 0.3 is 12.0 Å². The number of urea groups is 1. The lowest BCUT2D eigenvalue weighted by Gasteiger charge is -2.36. The first-order chi connectivity index (χ1) is 8.34. The van der Waals surface area contributed by atoms with Crippen LogP contribution in [0.4, 0.5) is 4.79 Å². The number of aliphatic carboxylic acids is 1. The molecule has 2 fully saturated rings. The van der Waals surface area contributed by atoms with Crippen LogP contribution in [0, 0.1) is 5.92 Å². The van der Waals surface area contributed by atoms with Crippen molar-refractivity contribution in [3.63, 3.8) is 0 Å². The summed E-state index contributed by atoms with van der Waals surface area (Å²) in [6.45, 7) is 7.34. The maximum absolute atomic E-state index is 12.5. The van der Waals surface area contributed by atoms with Crippen molar-refractivity contribution >= 4 is 12.0 Å². The van der Waals surface area contributed by atoms with Gasteiger partial charge in [0.1, 0.15) is 0 Å². The Balaban J connectivity index is 2.09. The quantitative estimate of drug-likeness (QED) is 0.776. The first kappa shape index (κ1) is 13.2. The van der Waals surface area contributed by atoms with Crippen LogP contribution in [-0.4, -0.2) is 51.6 Å². The summed E-state index contributed by atoms with van der Waals surface area (Å²) in [5.74, 6) is -1.21. The second-order valence-corrected chi connectivity index (χ2v) is 6.02. The third-order valence-corrected chi connectivity index (χ3v) is 4.45. The SMILES string of the molecule is CC1C(C(=O)O)CCN1C(=O)N1CCCC1(C)C. The van der Waals surface area contributed by atoms with E-state index in [0.29, 0.717) is 13.0 Å². The Bertz CT molecular complexity index is 367. The minimum atomic E-state index is -0.793. The molecule has 2 aliphatic rings. The third-order valence-electron chi connectivity index (χ3n) is 4.45. The fraction of sp³-hybridized carbons (Fsp3) is 0.846. The van der Waals surface area contributed by atoms with Crippen LogP contribution in [0.25, 0.3) is 0 Å². The van der Waals surface area contributed by atoms with Gasteiger partial charge in [-0.25, -0.2) is 4.79 Å². The van der Waals surface area contributed by atoms with E-state index in [1.165, 1.54) is 0 Å². The van der Waals surface area contributed by atoms with E-state index >= 15 is 0 Å². The molecular formula is C13H22N2O3. The molecular weight excluding hydrogens is 232 g/mol. The lowest BCUT2D eigenvalue weighted by atomic mass is 10.0. The van der Waals surface area contributed by atoms with Gasteiger partial charge in [-0.05, 0) is 40.0 Å². The molecule has 2 atom stereocenters. The molecule has 2 saturated heterocycles. The minimum Gasteiger partial charge on any atom is -0.481 e. The summed E-state index contributed by atoms with van der Waals surface area (Å²) >= 11 is 0. The topological polar surface area (TPSA) is 60.9 Å². The zero-order valence-corrected chi connectivity index (χ0v) is 11.3. The van der Waals surface area contributed by atoms with Crippen molar-refractivity contribution in [2.24, 2.45) is 5.92 Å². The summed E-state index contributed by atoms with van der Waals surface area (Å²) < 4.78 is 0. The molecule has 0 aromatic heterocycles. The number of carboxylic acids is 1. The molecule has 2 heterocycles. The molecule has 2 unspecified atom stereocenters. The third kappa shape index (κ3) is 2.06. The predicted molar refractivity (Wildman–Crippen MR) is 67.3 cm³/mol. The number of hydrogen-bond acceptors (Lipinski definition) is 2. The van der Waals surface area contributed by atoms with Gasteiger partial charge in [0.25, 0.3) is 0 Å². The molecule has 0 radical (unpaired) electrons. The van der Waals surface area contributed by atoms with E-state index < -0.39 is 11.9 Å². The van der Waals surface area contributed by atoms with Gasteiger partial charge in [0.05, 0.1) is 5.92 Å². The smallest absolute Gasteiger partial charge is 0.320 e. The molecule has 0 saturated carbocycles. The lowest BCUT2D eigenvalue weighted by molar-refractivity contribution is -0.142. The summed E-state index contributed by atoms with van der Waals surface area (Å²) in [7, 11) is 0. The number of rotatable bonds is 1. The van der Waals surface area contributed by atoms with Crippen LogP contribution < -0.4 is 0 Å². The van der Waals surface area contributed by atoms with Crippen molar-refractivity contribution < 1.29 is 14.7 Å². The molecule has 5 nitrogen and oxygen atoms in total. The highest BCUT2D eigenvalue weighted by atomic mass is 16.4. The number of carbonyl (C=O) groups excluding carboxylic acids is 1. The number of amides is 2. The van der Waals surface area contributed by atoms with E-state index in [1.54, 1.807) is 4.90 Å². The first-order valence-corrected chi connectivity index (χ1v) is 6.65. The van der Waals surface area contributed by atoms with Gasteiger partial charge < -0.3 is 14.9 Å². The fourth-order valence-electron chi connectivity index (χ4n) is 3.16. The van der Waals surface area contributed by atoms with Gasteiger partial charge in [0.15, 0.2) is 0 Å². The Kier molecular flexibility index (Phi) is 3.25. The van der Waals surface area contributed by atoms with Gasteiger partial charge in [-0.15, -0.1) is 0 Å². The summed E-state index contributed by atoms with van der Waals surface area (Å²) in [6.07, 6.45) is 2.61. The molecule has 2 rings (SSSR count). The van der Waals surface area contributed by atoms with E-state index in [1.807, 2.05) is 11.8 Å². The van der Waals surface area contributed by atoms with Crippen LogP contribution in [0.2, 0.25) is 0 Å². The van der Waals surface area contributed by atoms with Gasteiger partial charge in [-0.2, -0.15) is 0 Å². The zero-order valence-electron chi connectivity index (χ0n) is 11.3. The van der Waals surface area contributed by atoms with Gasteiger partial charge in [0.2, 0.25) is 0 Å². The van der Waals surface area contributed by atoms with Crippen LogP contribution in [0.3, 0.4) is 0 Å². The maximum atomic E-state index is 12.5. The van der Waals surface area contributed by atoms with E-state index in [2.05, 4.69) is 13.8 Å². The molecule has 102 valence electrons. The summed E-state index contributed by atoms with van der Waals surface area (Å²) in [4.78, 5) is 27.2. The second-order valence-electron chi connectivity index (χ2n) is 6.02. The van der Waals surface area contributed by atoms with Crippen LogP contribution in [0.5, 0.6) is 0 Å². The standard InChI is InChI=1S/C13H22N2O3/c1-9-10(11(16)17)5-8-14(9)12(18)15-7-4-6-13(15,2)3/h9-10H,4-8H2,1-3H3,(H,16,17). The summed E-state index contributed by atoms with van der Waals surface area (Å²) in [5.41, 5.74) is -0.0991. The molecule has 1 N–H and O–H groups in total. The van der Waals surface area contributed by atoms with E-state index in [0.717, 1.165) is 19.4 Å². The van der Waals surface area contributed by atoms with E-state index in [9.17, 15) is 9.59 Å². The van der Waals surface area contributed by atoms with Gasteiger partial charge in [0, 0.05) is 24.7 Å². The Labute approximate surface area is 108 Å². The van der Waals surface area contributed by atoms with Crippen molar-refractivity contribution in [1.29, 1.82) is 0 Å².